The molecular weight excluding hydrogens is 508 g/mol. The topological polar surface area (TPSA) is 73.5 Å². The van der Waals surface area contributed by atoms with Crippen LogP contribution in [0.3, 0.4) is 0 Å². The zero-order valence-electron chi connectivity index (χ0n) is 21.8. The van der Waals surface area contributed by atoms with Crippen molar-refractivity contribution in [1.29, 1.82) is 0 Å². The highest BCUT2D eigenvalue weighted by molar-refractivity contribution is 6.37. The highest BCUT2D eigenvalue weighted by Gasteiger charge is 2.29. The van der Waals surface area contributed by atoms with Gasteiger partial charge in [-0.05, 0) is 73.3 Å². The molecule has 0 saturated heterocycles. The normalized spacial score (nSPS) is 13.6. The second kappa shape index (κ2) is 11.6. The van der Waals surface area contributed by atoms with E-state index in [0.29, 0.717) is 39.7 Å². The molecule has 0 unspecified atom stereocenters. The molecule has 196 valence electrons. The Labute approximate surface area is 233 Å². The molecule has 1 aliphatic rings. The van der Waals surface area contributed by atoms with E-state index in [0.717, 1.165) is 23.4 Å². The maximum atomic E-state index is 13.3. The van der Waals surface area contributed by atoms with Crippen molar-refractivity contribution >= 4 is 46.1 Å². The Kier molecular flexibility index (Phi) is 7.77. The lowest BCUT2D eigenvalue weighted by molar-refractivity contribution is -0.110. The summed E-state index contributed by atoms with van der Waals surface area (Å²) >= 11 is 6.07. The Balaban J connectivity index is 1.49. The Hall–Kier alpha value is -4.39. The molecule has 0 atom stereocenters. The van der Waals surface area contributed by atoms with Gasteiger partial charge in [-0.1, -0.05) is 66.2 Å². The van der Waals surface area contributed by atoms with Gasteiger partial charge < -0.3 is 20.9 Å². The van der Waals surface area contributed by atoms with Gasteiger partial charge >= 0.3 is 0 Å². The first kappa shape index (κ1) is 26.2. The van der Waals surface area contributed by atoms with E-state index in [4.69, 9.17) is 11.6 Å². The van der Waals surface area contributed by atoms with Gasteiger partial charge in [0.1, 0.15) is 0 Å². The van der Waals surface area contributed by atoms with Gasteiger partial charge in [-0.15, -0.1) is 0 Å². The maximum absolute atomic E-state index is 13.3. The van der Waals surface area contributed by atoms with Crippen LogP contribution in [0.1, 0.15) is 32.6 Å². The second-order valence-electron chi connectivity index (χ2n) is 9.70. The summed E-state index contributed by atoms with van der Waals surface area (Å²) < 4.78 is 0. The van der Waals surface area contributed by atoms with Gasteiger partial charge in [-0.2, -0.15) is 0 Å². The van der Waals surface area contributed by atoms with E-state index in [1.807, 2.05) is 74.8 Å². The van der Waals surface area contributed by atoms with E-state index >= 15 is 0 Å². The number of halogens is 1. The summed E-state index contributed by atoms with van der Waals surface area (Å²) in [5.41, 5.74) is 6.78. The summed E-state index contributed by atoms with van der Waals surface area (Å²) in [7, 11) is 4.07. The highest BCUT2D eigenvalue weighted by Crippen LogP contribution is 2.38. The monoisotopic (exact) mass is 536 g/mol. The van der Waals surface area contributed by atoms with Crippen molar-refractivity contribution in [2.24, 2.45) is 0 Å². The van der Waals surface area contributed by atoms with Crippen LogP contribution in [0.25, 0.3) is 11.3 Å². The minimum absolute atomic E-state index is 0.225. The Morgan fingerprint density at radius 3 is 2.33 bits per heavy atom. The molecule has 4 aromatic carbocycles. The van der Waals surface area contributed by atoms with Crippen LogP contribution < -0.4 is 16.0 Å². The molecule has 1 heterocycles. The predicted octanol–water partition coefficient (Wildman–Crippen LogP) is 6.26. The van der Waals surface area contributed by atoms with Crippen LogP contribution >= 0.6 is 11.6 Å². The molecule has 0 aliphatic carbocycles. The van der Waals surface area contributed by atoms with E-state index in [9.17, 15) is 9.59 Å². The first-order chi connectivity index (χ1) is 18.9. The van der Waals surface area contributed by atoms with Crippen molar-refractivity contribution in [1.82, 2.24) is 10.2 Å². The number of nitrogens with zero attached hydrogens (tertiary/aromatic N) is 1. The lowest BCUT2D eigenvalue weighted by Crippen LogP contribution is -2.22. The van der Waals surface area contributed by atoms with Gasteiger partial charge in [0, 0.05) is 40.6 Å². The third-order valence-electron chi connectivity index (χ3n) is 6.40. The van der Waals surface area contributed by atoms with Gasteiger partial charge in [0.15, 0.2) is 0 Å². The summed E-state index contributed by atoms with van der Waals surface area (Å²) in [6.45, 7) is 1.18. The molecule has 6 nitrogen and oxygen atoms in total. The van der Waals surface area contributed by atoms with Crippen molar-refractivity contribution in [2.45, 2.75) is 13.1 Å². The van der Waals surface area contributed by atoms with Crippen molar-refractivity contribution in [3.05, 3.63) is 130 Å². The number of carbonyl (C=O) groups is 2. The van der Waals surface area contributed by atoms with E-state index in [1.165, 1.54) is 5.56 Å². The van der Waals surface area contributed by atoms with Crippen LogP contribution in [0.5, 0.6) is 0 Å². The maximum Gasteiger partial charge on any atom is 0.258 e. The van der Waals surface area contributed by atoms with Crippen molar-refractivity contribution in [3.8, 4) is 0 Å². The molecule has 0 spiro atoms. The number of hydrogen-bond donors (Lipinski definition) is 3. The zero-order valence-corrected chi connectivity index (χ0v) is 22.5. The largest absolute Gasteiger partial charge is 0.354 e. The Bertz CT molecular complexity index is 1550. The molecule has 0 aromatic heterocycles. The van der Waals surface area contributed by atoms with Crippen molar-refractivity contribution in [3.63, 3.8) is 0 Å². The van der Waals surface area contributed by atoms with Gasteiger partial charge in [0.05, 0.1) is 11.3 Å². The van der Waals surface area contributed by atoms with E-state index in [2.05, 4.69) is 33.0 Å². The van der Waals surface area contributed by atoms with Gasteiger partial charge in [0.2, 0.25) is 0 Å². The smallest absolute Gasteiger partial charge is 0.258 e. The van der Waals surface area contributed by atoms with Gasteiger partial charge in [-0.3, -0.25) is 9.59 Å². The fraction of sp³-hybridized carbons (Fsp3) is 0.125. The minimum Gasteiger partial charge on any atom is -0.354 e. The fourth-order valence-corrected chi connectivity index (χ4v) is 4.79. The molecular formula is C32H29ClN4O2. The van der Waals surface area contributed by atoms with Gasteiger partial charge in [0.25, 0.3) is 11.8 Å². The van der Waals surface area contributed by atoms with Crippen LogP contribution in [0.15, 0.2) is 97.1 Å². The zero-order chi connectivity index (χ0) is 27.4. The predicted molar refractivity (Wildman–Crippen MR) is 158 cm³/mol. The van der Waals surface area contributed by atoms with Crippen molar-refractivity contribution < 1.29 is 9.59 Å². The summed E-state index contributed by atoms with van der Waals surface area (Å²) in [5, 5.41) is 10.00. The number of anilines is 2. The standard InChI is InChI=1S/C32H29ClN4O2/c1-37(2)20-21-11-14-26(15-12-21)35-30(23-8-4-3-5-9-23)29-27-18-24(13-16-28(27)36-32(29)39)31(38)34-19-22-7-6-10-25(33)17-22/h3-18,35H,19-20H2,1-2H3,(H,34,38)(H,36,39). The summed E-state index contributed by atoms with van der Waals surface area (Å²) in [6, 6.07) is 30.5. The highest BCUT2D eigenvalue weighted by atomic mass is 35.5. The number of fused-ring (bicyclic) bond motifs is 1. The molecule has 5 rings (SSSR count). The lowest BCUT2D eigenvalue weighted by Gasteiger charge is -2.16. The third kappa shape index (κ3) is 6.20. The number of carbonyl (C=O) groups excluding carboxylic acids is 2. The van der Waals surface area contributed by atoms with E-state index in [-0.39, 0.29) is 11.8 Å². The number of benzene rings is 4. The number of hydrogen-bond acceptors (Lipinski definition) is 4. The average molecular weight is 537 g/mol. The number of amides is 2. The molecule has 0 radical (unpaired) electrons. The quantitative estimate of drug-likeness (QED) is 0.232. The number of nitrogens with one attached hydrogen (secondary N) is 3. The Morgan fingerprint density at radius 1 is 0.846 bits per heavy atom. The molecule has 7 heteroatoms. The molecule has 4 aromatic rings. The Morgan fingerprint density at radius 2 is 1.62 bits per heavy atom. The lowest BCUT2D eigenvalue weighted by atomic mass is 9.98. The summed E-state index contributed by atoms with van der Waals surface area (Å²) in [6.07, 6.45) is 0. The molecule has 39 heavy (non-hydrogen) atoms. The first-order valence-corrected chi connectivity index (χ1v) is 13.0. The van der Waals surface area contributed by atoms with Crippen LogP contribution in [0, 0.1) is 0 Å². The molecule has 1 aliphatic heterocycles. The van der Waals surface area contributed by atoms with Crippen molar-refractivity contribution in [2.75, 3.05) is 24.7 Å². The van der Waals surface area contributed by atoms with Crippen LogP contribution in [0.4, 0.5) is 11.4 Å². The van der Waals surface area contributed by atoms with E-state index in [1.54, 1.807) is 24.3 Å². The average Bonchev–Trinajstić information content (AvgIpc) is 3.26. The molecule has 0 fully saturated rings. The third-order valence-corrected chi connectivity index (χ3v) is 6.64. The van der Waals surface area contributed by atoms with Crippen LogP contribution in [-0.2, 0) is 17.9 Å². The van der Waals surface area contributed by atoms with Crippen LogP contribution in [-0.4, -0.2) is 30.8 Å². The second-order valence-corrected chi connectivity index (χ2v) is 10.1. The summed E-state index contributed by atoms with van der Waals surface area (Å²) in [4.78, 5) is 28.5. The summed E-state index contributed by atoms with van der Waals surface area (Å²) in [5.74, 6) is -0.459. The first-order valence-electron chi connectivity index (χ1n) is 12.7. The molecule has 3 N–H and O–H groups in total. The van der Waals surface area contributed by atoms with E-state index < -0.39 is 0 Å². The molecule has 0 saturated carbocycles. The van der Waals surface area contributed by atoms with Gasteiger partial charge in [-0.25, -0.2) is 0 Å². The fourth-order valence-electron chi connectivity index (χ4n) is 4.57. The molecule has 0 bridgehead atoms. The SMILES string of the molecule is CN(C)Cc1ccc(NC(=C2C(=O)Nc3ccc(C(=O)NCc4cccc(Cl)c4)cc32)c2ccccc2)cc1. The minimum atomic E-state index is -0.234. The molecule has 2 amide bonds. The number of rotatable bonds is 8. The van der Waals surface area contributed by atoms with Crippen LogP contribution in [0.2, 0.25) is 5.02 Å².